The van der Waals surface area contributed by atoms with E-state index in [4.69, 9.17) is 9.47 Å². The molecule has 4 heteroatoms. The van der Waals surface area contributed by atoms with Crippen molar-refractivity contribution in [1.29, 1.82) is 0 Å². The van der Waals surface area contributed by atoms with Crippen LogP contribution in [0.2, 0.25) is 0 Å². The van der Waals surface area contributed by atoms with Gasteiger partial charge in [0.1, 0.15) is 6.61 Å². The number of ether oxygens (including phenoxy) is 3. The van der Waals surface area contributed by atoms with Gasteiger partial charge in [-0.3, -0.25) is 0 Å². The molecule has 0 saturated carbocycles. The lowest BCUT2D eigenvalue weighted by Crippen LogP contribution is -2.02. The molecule has 4 nitrogen and oxygen atoms in total. The second kappa shape index (κ2) is 8.03. The summed E-state index contributed by atoms with van der Waals surface area (Å²) in [6, 6.07) is 12.9. The Morgan fingerprint density at radius 1 is 1.04 bits per heavy atom. The normalized spacial score (nSPS) is 10.0. The van der Waals surface area contributed by atoms with E-state index in [1.807, 2.05) is 36.4 Å². The SMILES string of the molecule is C=CCc1ccc(OCc2ccc(C(=O)OC)cc2)c(OC)c1. The third kappa shape index (κ3) is 4.36. The highest BCUT2D eigenvalue weighted by Crippen LogP contribution is 2.29. The molecule has 0 aliphatic rings. The van der Waals surface area contributed by atoms with Crippen LogP contribution >= 0.6 is 0 Å². The Hall–Kier alpha value is -2.75. The van der Waals surface area contributed by atoms with E-state index in [-0.39, 0.29) is 5.97 Å². The molecule has 0 fully saturated rings. The van der Waals surface area contributed by atoms with Crippen molar-refractivity contribution < 1.29 is 19.0 Å². The van der Waals surface area contributed by atoms with E-state index >= 15 is 0 Å². The van der Waals surface area contributed by atoms with Crippen LogP contribution in [0, 0.1) is 0 Å². The number of hydrogen-bond acceptors (Lipinski definition) is 4. The zero-order valence-electron chi connectivity index (χ0n) is 13.4. The average molecular weight is 312 g/mol. The first kappa shape index (κ1) is 16.6. The Bertz CT molecular complexity index is 674. The van der Waals surface area contributed by atoms with E-state index in [1.54, 1.807) is 19.2 Å². The van der Waals surface area contributed by atoms with Crippen LogP contribution in [-0.2, 0) is 17.8 Å². The minimum absolute atomic E-state index is 0.350. The van der Waals surface area contributed by atoms with Gasteiger partial charge in [-0.2, -0.15) is 0 Å². The number of esters is 1. The van der Waals surface area contributed by atoms with E-state index in [0.29, 0.717) is 23.7 Å². The first-order chi connectivity index (χ1) is 11.2. The number of rotatable bonds is 7. The van der Waals surface area contributed by atoms with Gasteiger partial charge in [0.05, 0.1) is 19.8 Å². The first-order valence-electron chi connectivity index (χ1n) is 7.25. The second-order valence-corrected chi connectivity index (χ2v) is 4.96. The van der Waals surface area contributed by atoms with E-state index in [9.17, 15) is 4.79 Å². The molecule has 0 amide bonds. The molecule has 2 aromatic rings. The van der Waals surface area contributed by atoms with Crippen molar-refractivity contribution in [3.8, 4) is 11.5 Å². The minimum atomic E-state index is -0.350. The third-order valence-corrected chi connectivity index (χ3v) is 3.38. The van der Waals surface area contributed by atoms with Gasteiger partial charge >= 0.3 is 5.97 Å². The standard InChI is InChI=1S/C19H20O4/c1-4-5-14-8-11-17(18(12-14)21-2)23-13-15-6-9-16(10-7-15)19(20)22-3/h4,6-12H,1,5,13H2,2-3H3. The highest BCUT2D eigenvalue weighted by atomic mass is 16.5. The highest BCUT2D eigenvalue weighted by Gasteiger charge is 2.07. The van der Waals surface area contributed by atoms with Crippen LogP contribution in [0.4, 0.5) is 0 Å². The van der Waals surface area contributed by atoms with Gasteiger partial charge in [0.15, 0.2) is 11.5 Å². The molecule has 0 saturated heterocycles. The van der Waals surface area contributed by atoms with Crippen molar-refractivity contribution >= 4 is 5.97 Å². The van der Waals surface area contributed by atoms with Gasteiger partial charge in [-0.05, 0) is 41.8 Å². The van der Waals surface area contributed by atoms with Crippen molar-refractivity contribution in [2.75, 3.05) is 14.2 Å². The first-order valence-corrected chi connectivity index (χ1v) is 7.25. The maximum Gasteiger partial charge on any atom is 0.337 e. The van der Waals surface area contributed by atoms with Crippen molar-refractivity contribution in [3.63, 3.8) is 0 Å². The van der Waals surface area contributed by atoms with E-state index in [0.717, 1.165) is 17.5 Å². The van der Waals surface area contributed by atoms with Crippen LogP contribution < -0.4 is 9.47 Å². The van der Waals surface area contributed by atoms with Crippen LogP contribution in [-0.4, -0.2) is 20.2 Å². The maximum atomic E-state index is 11.4. The molecule has 0 unspecified atom stereocenters. The van der Waals surface area contributed by atoms with Gasteiger partial charge in [0.25, 0.3) is 0 Å². The van der Waals surface area contributed by atoms with Gasteiger partial charge < -0.3 is 14.2 Å². The number of carbonyl (C=O) groups is 1. The van der Waals surface area contributed by atoms with Gasteiger partial charge in [0.2, 0.25) is 0 Å². The summed E-state index contributed by atoms with van der Waals surface area (Å²) in [5.74, 6) is 1.02. The van der Waals surface area contributed by atoms with Crippen LogP contribution in [0.5, 0.6) is 11.5 Å². The number of methoxy groups -OCH3 is 2. The Labute approximate surface area is 136 Å². The minimum Gasteiger partial charge on any atom is -0.493 e. The molecule has 0 aromatic heterocycles. The molecular weight excluding hydrogens is 292 g/mol. The molecule has 2 aromatic carbocycles. The zero-order chi connectivity index (χ0) is 16.7. The molecule has 0 N–H and O–H groups in total. The summed E-state index contributed by atoms with van der Waals surface area (Å²) < 4.78 is 15.8. The number of allylic oxidation sites excluding steroid dienone is 1. The second-order valence-electron chi connectivity index (χ2n) is 4.96. The monoisotopic (exact) mass is 312 g/mol. The summed E-state index contributed by atoms with van der Waals surface area (Å²) in [6.07, 6.45) is 2.63. The van der Waals surface area contributed by atoms with Gasteiger partial charge in [-0.25, -0.2) is 4.79 Å². The van der Waals surface area contributed by atoms with Crippen molar-refractivity contribution in [2.24, 2.45) is 0 Å². The molecule has 120 valence electrons. The predicted octanol–water partition coefficient (Wildman–Crippen LogP) is 3.79. The van der Waals surface area contributed by atoms with Crippen LogP contribution in [0.1, 0.15) is 21.5 Å². The summed E-state index contributed by atoms with van der Waals surface area (Å²) in [5, 5.41) is 0. The van der Waals surface area contributed by atoms with Gasteiger partial charge in [-0.1, -0.05) is 24.3 Å². The Morgan fingerprint density at radius 3 is 2.35 bits per heavy atom. The lowest BCUT2D eigenvalue weighted by Gasteiger charge is -2.12. The molecule has 0 spiro atoms. The fraction of sp³-hybridized carbons (Fsp3) is 0.211. The molecule has 0 heterocycles. The van der Waals surface area contributed by atoms with E-state index < -0.39 is 0 Å². The Balaban J connectivity index is 2.05. The zero-order valence-corrected chi connectivity index (χ0v) is 13.4. The van der Waals surface area contributed by atoms with Crippen LogP contribution in [0.3, 0.4) is 0 Å². The number of carbonyl (C=O) groups excluding carboxylic acids is 1. The average Bonchev–Trinajstić information content (AvgIpc) is 2.60. The van der Waals surface area contributed by atoms with E-state index in [2.05, 4.69) is 11.3 Å². The van der Waals surface area contributed by atoms with Crippen LogP contribution in [0.25, 0.3) is 0 Å². The fourth-order valence-corrected chi connectivity index (χ4v) is 2.14. The van der Waals surface area contributed by atoms with E-state index in [1.165, 1.54) is 7.11 Å². The lowest BCUT2D eigenvalue weighted by atomic mass is 10.1. The molecule has 2 rings (SSSR count). The van der Waals surface area contributed by atoms with Crippen LogP contribution in [0.15, 0.2) is 55.1 Å². The van der Waals surface area contributed by atoms with Crippen molar-refractivity contribution in [3.05, 3.63) is 71.8 Å². The molecule has 0 bridgehead atoms. The molecule has 0 aliphatic carbocycles. The summed E-state index contributed by atoms with van der Waals surface area (Å²) >= 11 is 0. The van der Waals surface area contributed by atoms with Gasteiger partial charge in [-0.15, -0.1) is 6.58 Å². The molecule has 0 radical (unpaired) electrons. The Morgan fingerprint density at radius 2 is 1.74 bits per heavy atom. The molecule has 0 atom stereocenters. The summed E-state index contributed by atoms with van der Waals surface area (Å²) in [4.78, 5) is 11.4. The smallest absolute Gasteiger partial charge is 0.337 e. The van der Waals surface area contributed by atoms with Crippen molar-refractivity contribution in [2.45, 2.75) is 13.0 Å². The largest absolute Gasteiger partial charge is 0.493 e. The number of benzene rings is 2. The lowest BCUT2D eigenvalue weighted by molar-refractivity contribution is 0.0600. The predicted molar refractivity (Wildman–Crippen MR) is 89.0 cm³/mol. The summed E-state index contributed by atoms with van der Waals surface area (Å²) in [6.45, 7) is 4.12. The van der Waals surface area contributed by atoms with Gasteiger partial charge in [0, 0.05) is 0 Å². The highest BCUT2D eigenvalue weighted by molar-refractivity contribution is 5.89. The van der Waals surface area contributed by atoms with Crippen molar-refractivity contribution in [1.82, 2.24) is 0 Å². The topological polar surface area (TPSA) is 44.8 Å². The Kier molecular flexibility index (Phi) is 5.80. The summed E-state index contributed by atoms with van der Waals surface area (Å²) in [7, 11) is 2.98. The molecular formula is C19H20O4. The maximum absolute atomic E-state index is 11.4. The quantitative estimate of drug-likeness (QED) is 0.576. The molecule has 0 aliphatic heterocycles. The molecule has 23 heavy (non-hydrogen) atoms. The number of hydrogen-bond donors (Lipinski definition) is 0. The third-order valence-electron chi connectivity index (χ3n) is 3.38. The summed E-state index contributed by atoms with van der Waals surface area (Å²) in [5.41, 5.74) is 2.59. The fourth-order valence-electron chi connectivity index (χ4n) is 2.14.